The molecule has 118 valence electrons. The second kappa shape index (κ2) is 8.80. The molecule has 0 saturated carbocycles. The lowest BCUT2D eigenvalue weighted by atomic mass is 10.1. The van der Waals surface area contributed by atoms with E-state index in [9.17, 15) is 9.90 Å². The lowest BCUT2D eigenvalue weighted by molar-refractivity contribution is -0.123. The van der Waals surface area contributed by atoms with Gasteiger partial charge >= 0.3 is 0 Å². The van der Waals surface area contributed by atoms with E-state index < -0.39 is 6.10 Å². The van der Waals surface area contributed by atoms with Gasteiger partial charge in [-0.15, -0.1) is 12.4 Å². The third kappa shape index (κ3) is 5.64. The molecule has 3 N–H and O–H groups in total. The number of benzene rings is 1. The first-order chi connectivity index (χ1) is 9.56. The Labute approximate surface area is 142 Å². The molecular formula is C13H17BrCl2N2O3. The van der Waals surface area contributed by atoms with Crippen molar-refractivity contribution >= 4 is 45.8 Å². The molecule has 2 unspecified atom stereocenters. The molecule has 1 fully saturated rings. The van der Waals surface area contributed by atoms with Gasteiger partial charge in [-0.25, -0.2) is 0 Å². The van der Waals surface area contributed by atoms with Gasteiger partial charge in [0.25, 0.3) is 5.91 Å². The van der Waals surface area contributed by atoms with Crippen LogP contribution in [0.4, 0.5) is 0 Å². The van der Waals surface area contributed by atoms with Crippen molar-refractivity contribution in [2.45, 2.75) is 6.10 Å². The second-order valence-corrected chi connectivity index (χ2v) is 5.98. The van der Waals surface area contributed by atoms with Gasteiger partial charge in [0.05, 0.1) is 11.1 Å². The third-order valence-corrected chi connectivity index (χ3v) is 3.91. The third-order valence-electron chi connectivity index (χ3n) is 3.12. The fourth-order valence-electron chi connectivity index (χ4n) is 1.96. The van der Waals surface area contributed by atoms with Crippen molar-refractivity contribution in [1.29, 1.82) is 0 Å². The molecule has 0 aromatic heterocycles. The Balaban J connectivity index is 0.00000220. The number of carbonyl (C=O) groups excluding carboxylic acids is 1. The molecule has 1 heterocycles. The number of β-amino-alcohol motifs (C(OH)–C–C–N with tert-alkyl or cyclic N) is 1. The fraction of sp³-hybridized carbons (Fsp3) is 0.462. The summed E-state index contributed by atoms with van der Waals surface area (Å²) in [4.78, 5) is 11.7. The van der Waals surface area contributed by atoms with Crippen molar-refractivity contribution in [3.8, 4) is 5.75 Å². The van der Waals surface area contributed by atoms with Gasteiger partial charge in [0, 0.05) is 30.0 Å². The Hall–Kier alpha value is -0.530. The van der Waals surface area contributed by atoms with Gasteiger partial charge in [-0.1, -0.05) is 27.5 Å². The summed E-state index contributed by atoms with van der Waals surface area (Å²) < 4.78 is 6.20. The molecule has 0 bridgehead atoms. The highest BCUT2D eigenvalue weighted by Gasteiger charge is 2.24. The maximum absolute atomic E-state index is 11.7. The van der Waals surface area contributed by atoms with Crippen molar-refractivity contribution in [3.05, 3.63) is 27.7 Å². The summed E-state index contributed by atoms with van der Waals surface area (Å²) in [5, 5.41) is 15.9. The van der Waals surface area contributed by atoms with Crippen molar-refractivity contribution < 1.29 is 14.6 Å². The zero-order valence-corrected chi connectivity index (χ0v) is 14.3. The zero-order valence-electron chi connectivity index (χ0n) is 11.1. The highest BCUT2D eigenvalue weighted by molar-refractivity contribution is 9.10. The van der Waals surface area contributed by atoms with Gasteiger partial charge in [-0.3, -0.25) is 4.79 Å². The number of aliphatic hydroxyl groups is 1. The van der Waals surface area contributed by atoms with Crippen molar-refractivity contribution in [2.75, 3.05) is 26.2 Å². The average Bonchev–Trinajstić information content (AvgIpc) is 2.81. The van der Waals surface area contributed by atoms with E-state index in [-0.39, 0.29) is 30.8 Å². The molecule has 1 aromatic rings. The number of rotatable bonds is 5. The van der Waals surface area contributed by atoms with Crippen LogP contribution in [0.1, 0.15) is 0 Å². The first kappa shape index (κ1) is 18.5. The quantitative estimate of drug-likeness (QED) is 0.703. The predicted octanol–water partition coefficient (Wildman–Crippen LogP) is 1.60. The number of carbonyl (C=O) groups is 1. The summed E-state index contributed by atoms with van der Waals surface area (Å²) in [6.45, 7) is 1.62. The minimum atomic E-state index is -0.405. The van der Waals surface area contributed by atoms with E-state index in [4.69, 9.17) is 16.3 Å². The summed E-state index contributed by atoms with van der Waals surface area (Å²) in [7, 11) is 0. The van der Waals surface area contributed by atoms with E-state index in [0.29, 0.717) is 30.4 Å². The molecule has 0 aliphatic carbocycles. The smallest absolute Gasteiger partial charge is 0.257 e. The number of halogens is 3. The van der Waals surface area contributed by atoms with Crippen molar-refractivity contribution in [1.82, 2.24) is 10.6 Å². The summed E-state index contributed by atoms with van der Waals surface area (Å²) in [6, 6.07) is 5.19. The molecule has 0 radical (unpaired) electrons. The van der Waals surface area contributed by atoms with Gasteiger partial charge in [-0.05, 0) is 18.2 Å². The van der Waals surface area contributed by atoms with Crippen LogP contribution >= 0.6 is 39.9 Å². The first-order valence-corrected chi connectivity index (χ1v) is 7.46. The summed E-state index contributed by atoms with van der Waals surface area (Å²) in [6.07, 6.45) is -0.405. The number of hydrogen-bond acceptors (Lipinski definition) is 4. The molecule has 1 amide bonds. The minimum Gasteiger partial charge on any atom is -0.482 e. The van der Waals surface area contributed by atoms with Crippen LogP contribution in [0, 0.1) is 5.92 Å². The van der Waals surface area contributed by atoms with Gasteiger partial charge in [0.2, 0.25) is 0 Å². The van der Waals surface area contributed by atoms with Crippen LogP contribution < -0.4 is 15.4 Å². The van der Waals surface area contributed by atoms with Gasteiger partial charge < -0.3 is 20.5 Å². The van der Waals surface area contributed by atoms with E-state index in [2.05, 4.69) is 26.6 Å². The Bertz CT molecular complexity index is 490. The summed E-state index contributed by atoms with van der Waals surface area (Å²) >= 11 is 9.28. The van der Waals surface area contributed by atoms with E-state index in [0.717, 1.165) is 4.47 Å². The van der Waals surface area contributed by atoms with Crippen molar-refractivity contribution in [2.24, 2.45) is 5.92 Å². The summed E-state index contributed by atoms with van der Waals surface area (Å²) in [5.41, 5.74) is 0. The predicted molar refractivity (Wildman–Crippen MR) is 87.3 cm³/mol. The highest BCUT2D eigenvalue weighted by atomic mass is 79.9. The number of amides is 1. The molecule has 1 saturated heterocycles. The first-order valence-electron chi connectivity index (χ1n) is 6.29. The molecule has 1 aromatic carbocycles. The molecule has 1 aliphatic heterocycles. The standard InChI is InChI=1S/C13H16BrClN2O3.ClH/c14-9-1-2-12(10(15)3-9)20-7-13(19)17-5-8-4-16-6-11(8)18;/h1-3,8,11,16,18H,4-7H2,(H,17,19);1H. The van der Waals surface area contributed by atoms with Crippen molar-refractivity contribution in [3.63, 3.8) is 0 Å². The van der Waals surface area contributed by atoms with Crippen LogP contribution in [0.5, 0.6) is 5.75 Å². The number of ether oxygens (including phenoxy) is 1. The molecule has 5 nitrogen and oxygen atoms in total. The molecule has 8 heteroatoms. The highest BCUT2D eigenvalue weighted by Crippen LogP contribution is 2.27. The zero-order chi connectivity index (χ0) is 14.5. The fourth-order valence-corrected chi connectivity index (χ4v) is 2.69. The van der Waals surface area contributed by atoms with Gasteiger partial charge in [0.15, 0.2) is 6.61 Å². The van der Waals surface area contributed by atoms with E-state index in [1.165, 1.54) is 0 Å². The molecule has 2 rings (SSSR count). The lowest BCUT2D eigenvalue weighted by Gasteiger charge is -2.14. The second-order valence-electron chi connectivity index (χ2n) is 4.65. The molecule has 2 atom stereocenters. The largest absolute Gasteiger partial charge is 0.482 e. The van der Waals surface area contributed by atoms with E-state index in [1.807, 2.05) is 0 Å². The monoisotopic (exact) mass is 398 g/mol. The number of nitrogens with one attached hydrogen (secondary N) is 2. The minimum absolute atomic E-state index is 0. The molecule has 1 aliphatic rings. The van der Waals surface area contributed by atoms with Crippen LogP contribution in [-0.4, -0.2) is 43.4 Å². The van der Waals surface area contributed by atoms with Crippen LogP contribution in [0.2, 0.25) is 5.02 Å². The number of hydrogen-bond donors (Lipinski definition) is 3. The average molecular weight is 400 g/mol. The molecule has 0 spiro atoms. The Morgan fingerprint density at radius 1 is 1.52 bits per heavy atom. The van der Waals surface area contributed by atoms with Crippen LogP contribution in [-0.2, 0) is 4.79 Å². The Kier molecular flexibility index (Phi) is 7.76. The maximum Gasteiger partial charge on any atom is 0.257 e. The van der Waals surface area contributed by atoms with E-state index >= 15 is 0 Å². The topological polar surface area (TPSA) is 70.6 Å². The Morgan fingerprint density at radius 3 is 2.90 bits per heavy atom. The van der Waals surface area contributed by atoms with Gasteiger partial charge in [0.1, 0.15) is 5.75 Å². The van der Waals surface area contributed by atoms with Crippen LogP contribution in [0.15, 0.2) is 22.7 Å². The van der Waals surface area contributed by atoms with E-state index in [1.54, 1.807) is 18.2 Å². The Morgan fingerprint density at radius 2 is 2.29 bits per heavy atom. The van der Waals surface area contributed by atoms with Crippen LogP contribution in [0.25, 0.3) is 0 Å². The van der Waals surface area contributed by atoms with Gasteiger partial charge in [-0.2, -0.15) is 0 Å². The summed E-state index contributed by atoms with van der Waals surface area (Å²) in [5.74, 6) is 0.283. The molecule has 21 heavy (non-hydrogen) atoms. The van der Waals surface area contributed by atoms with Crippen LogP contribution in [0.3, 0.4) is 0 Å². The maximum atomic E-state index is 11.7. The number of aliphatic hydroxyl groups excluding tert-OH is 1. The molecular weight excluding hydrogens is 383 g/mol. The SMILES string of the molecule is Cl.O=C(COc1ccc(Br)cc1Cl)NCC1CNCC1O. The normalized spacial score (nSPS) is 20.7. The lowest BCUT2D eigenvalue weighted by Crippen LogP contribution is -2.36.